The molecule has 0 fully saturated rings. The van der Waals surface area contributed by atoms with Crippen LogP contribution >= 0.6 is 0 Å². The zero-order valence-electron chi connectivity index (χ0n) is 17.4. The van der Waals surface area contributed by atoms with Crippen molar-refractivity contribution in [3.63, 3.8) is 0 Å². The first-order chi connectivity index (χ1) is 14.1. The zero-order valence-corrected chi connectivity index (χ0v) is 17.4. The molecule has 0 radical (unpaired) electrons. The summed E-state index contributed by atoms with van der Waals surface area (Å²) in [6.45, 7) is 0.0513. The first-order valence-corrected chi connectivity index (χ1v) is 9.31. The van der Waals surface area contributed by atoms with Gasteiger partial charge in [-0.15, -0.1) is 0 Å². The molecule has 0 aliphatic rings. The summed E-state index contributed by atoms with van der Waals surface area (Å²) in [7, 11) is 6.40. The number of allylic oxidation sites excluding steroid dienone is 1. The van der Waals surface area contributed by atoms with Crippen LogP contribution in [0.15, 0.2) is 48.7 Å². The van der Waals surface area contributed by atoms with Gasteiger partial charge in [0.25, 0.3) is 0 Å². The monoisotopic (exact) mass is 400 g/mol. The van der Waals surface area contributed by atoms with Gasteiger partial charge in [0, 0.05) is 6.42 Å². The van der Waals surface area contributed by atoms with Crippen molar-refractivity contribution in [3.05, 3.63) is 59.9 Å². The Morgan fingerprint density at radius 2 is 1.34 bits per heavy atom. The van der Waals surface area contributed by atoms with E-state index in [1.165, 1.54) is 0 Å². The summed E-state index contributed by atoms with van der Waals surface area (Å²) in [5, 5.41) is 0. The molecule has 0 N–H and O–H groups in total. The minimum absolute atomic E-state index is 0.0375. The van der Waals surface area contributed by atoms with E-state index >= 15 is 0 Å². The van der Waals surface area contributed by atoms with Gasteiger partial charge in [0.05, 0.1) is 34.7 Å². The molecule has 2 aromatic carbocycles. The maximum atomic E-state index is 12.0. The summed E-state index contributed by atoms with van der Waals surface area (Å²) < 4.78 is 26.4. The van der Waals surface area contributed by atoms with Crippen LogP contribution in [0.5, 0.6) is 23.0 Å². The molecule has 0 unspecified atom stereocenters. The molecular weight excluding hydrogens is 372 g/mol. The normalized spacial score (nSPS) is 10.6. The van der Waals surface area contributed by atoms with E-state index in [1.54, 1.807) is 34.7 Å². The van der Waals surface area contributed by atoms with Crippen molar-refractivity contribution in [1.29, 1.82) is 0 Å². The van der Waals surface area contributed by atoms with Crippen LogP contribution in [0.4, 0.5) is 0 Å². The molecule has 0 bridgehead atoms. The molecule has 2 aromatic rings. The molecule has 6 nitrogen and oxygen atoms in total. The van der Waals surface area contributed by atoms with Crippen molar-refractivity contribution in [2.45, 2.75) is 19.3 Å². The quantitative estimate of drug-likeness (QED) is 0.502. The van der Waals surface area contributed by atoms with Crippen LogP contribution < -0.4 is 18.9 Å². The Morgan fingerprint density at radius 1 is 0.793 bits per heavy atom. The lowest BCUT2D eigenvalue weighted by molar-refractivity contribution is -0.121. The highest BCUT2D eigenvalue weighted by molar-refractivity contribution is 5.80. The number of Topliss-reactive ketones (excluding diaryl/α,β-unsaturated/α-hetero) is 1. The number of hydrogen-bond donors (Lipinski definition) is 0. The molecular formula is C23H28O6. The topological polar surface area (TPSA) is 63.2 Å². The predicted octanol–water partition coefficient (Wildman–Crippen LogP) is 4.00. The van der Waals surface area contributed by atoms with Crippen LogP contribution in [0.2, 0.25) is 0 Å². The highest BCUT2D eigenvalue weighted by Crippen LogP contribution is 2.28. The number of aryl methyl sites for hydroxylation is 1. The summed E-state index contributed by atoms with van der Waals surface area (Å²) >= 11 is 0. The van der Waals surface area contributed by atoms with Crippen LogP contribution in [-0.2, 0) is 22.4 Å². The van der Waals surface area contributed by atoms with Crippen LogP contribution in [0.25, 0.3) is 0 Å². The van der Waals surface area contributed by atoms with Gasteiger partial charge in [-0.05, 0) is 54.3 Å². The van der Waals surface area contributed by atoms with E-state index in [9.17, 15) is 4.79 Å². The summed E-state index contributed by atoms with van der Waals surface area (Å²) in [6.07, 6.45) is 5.12. The first-order valence-electron chi connectivity index (χ1n) is 9.31. The van der Waals surface area contributed by atoms with Crippen molar-refractivity contribution < 1.29 is 28.5 Å². The molecule has 2 rings (SSSR count). The molecule has 0 aromatic heterocycles. The van der Waals surface area contributed by atoms with Gasteiger partial charge in [0.15, 0.2) is 28.8 Å². The molecule has 0 amide bonds. The molecule has 0 saturated heterocycles. The van der Waals surface area contributed by atoms with Gasteiger partial charge in [0.1, 0.15) is 6.61 Å². The molecule has 0 aliphatic carbocycles. The largest absolute Gasteiger partial charge is 0.494 e. The fraction of sp³-hybridized carbons (Fsp3) is 0.348. The Bertz CT molecular complexity index is 828. The van der Waals surface area contributed by atoms with Crippen molar-refractivity contribution in [3.8, 4) is 23.0 Å². The average molecular weight is 400 g/mol. The minimum Gasteiger partial charge on any atom is -0.494 e. The van der Waals surface area contributed by atoms with E-state index in [-0.39, 0.29) is 12.4 Å². The lowest BCUT2D eigenvalue weighted by atomic mass is 10.1. The molecule has 6 heteroatoms. The summed E-state index contributed by atoms with van der Waals surface area (Å²) in [5.41, 5.74) is 2.07. The SMILES string of the molecule is COc1ccc(C/C=C\OCC(=O)CCc2ccc(OC)c(OC)c2)cc1OC. The summed E-state index contributed by atoms with van der Waals surface area (Å²) in [4.78, 5) is 12.0. The second kappa shape index (κ2) is 11.6. The number of carbonyl (C=O) groups is 1. The van der Waals surface area contributed by atoms with Crippen LogP contribution in [-0.4, -0.2) is 40.8 Å². The molecule has 0 aliphatic heterocycles. The number of carbonyl (C=O) groups excluding carboxylic acids is 1. The number of ketones is 1. The average Bonchev–Trinajstić information content (AvgIpc) is 2.76. The fourth-order valence-electron chi connectivity index (χ4n) is 2.79. The lowest BCUT2D eigenvalue weighted by Crippen LogP contribution is -2.07. The van der Waals surface area contributed by atoms with Gasteiger partial charge in [-0.2, -0.15) is 0 Å². The lowest BCUT2D eigenvalue weighted by Gasteiger charge is -2.09. The number of rotatable bonds is 12. The summed E-state index contributed by atoms with van der Waals surface area (Å²) in [6, 6.07) is 11.4. The maximum Gasteiger partial charge on any atom is 0.170 e. The number of ether oxygens (including phenoxy) is 5. The van der Waals surface area contributed by atoms with E-state index < -0.39 is 0 Å². The Morgan fingerprint density at radius 3 is 1.93 bits per heavy atom. The molecule has 29 heavy (non-hydrogen) atoms. The maximum absolute atomic E-state index is 12.0. The molecule has 0 heterocycles. The second-order valence-electron chi connectivity index (χ2n) is 6.30. The van der Waals surface area contributed by atoms with Crippen molar-refractivity contribution in [2.24, 2.45) is 0 Å². The van der Waals surface area contributed by atoms with Gasteiger partial charge in [-0.1, -0.05) is 12.1 Å². The van der Waals surface area contributed by atoms with Crippen molar-refractivity contribution in [2.75, 3.05) is 35.0 Å². The predicted molar refractivity (Wildman–Crippen MR) is 111 cm³/mol. The number of benzene rings is 2. The van der Waals surface area contributed by atoms with E-state index in [0.717, 1.165) is 11.1 Å². The standard InChI is InChI=1S/C23H28O6/c1-25-20-11-8-17(14-22(20)27-3)6-5-13-29-16-19(24)10-7-18-9-12-21(26-2)23(15-18)28-4/h5,8-9,11-15H,6-7,10,16H2,1-4H3/b13-5-. The molecule has 0 saturated carbocycles. The number of methoxy groups -OCH3 is 4. The van der Waals surface area contributed by atoms with Gasteiger partial charge in [-0.25, -0.2) is 0 Å². The van der Waals surface area contributed by atoms with Crippen LogP contribution in [0.3, 0.4) is 0 Å². The van der Waals surface area contributed by atoms with Gasteiger partial charge >= 0.3 is 0 Å². The smallest absolute Gasteiger partial charge is 0.170 e. The first kappa shape index (κ1) is 22.1. The van der Waals surface area contributed by atoms with Gasteiger partial charge in [0.2, 0.25) is 0 Å². The highest BCUT2D eigenvalue weighted by Gasteiger charge is 2.07. The van der Waals surface area contributed by atoms with E-state index in [4.69, 9.17) is 23.7 Å². The Kier molecular flexibility index (Phi) is 8.89. The molecule has 0 atom stereocenters. The zero-order chi connectivity index (χ0) is 21.1. The van der Waals surface area contributed by atoms with E-state index in [0.29, 0.717) is 42.3 Å². The number of hydrogen-bond acceptors (Lipinski definition) is 6. The molecule has 156 valence electrons. The third-order valence-corrected chi connectivity index (χ3v) is 4.38. The minimum atomic E-state index is 0.0375. The molecule has 0 spiro atoms. The van der Waals surface area contributed by atoms with E-state index in [2.05, 4.69) is 0 Å². The Labute approximate surface area is 172 Å². The van der Waals surface area contributed by atoms with Crippen molar-refractivity contribution in [1.82, 2.24) is 0 Å². The third kappa shape index (κ3) is 6.75. The second-order valence-corrected chi connectivity index (χ2v) is 6.30. The van der Waals surface area contributed by atoms with Crippen molar-refractivity contribution >= 4 is 5.78 Å². The highest BCUT2D eigenvalue weighted by atomic mass is 16.5. The van der Waals surface area contributed by atoms with Crippen LogP contribution in [0.1, 0.15) is 17.5 Å². The Balaban J connectivity index is 1.74. The van der Waals surface area contributed by atoms with Gasteiger partial charge in [-0.3, -0.25) is 4.79 Å². The van der Waals surface area contributed by atoms with Crippen LogP contribution in [0, 0.1) is 0 Å². The third-order valence-electron chi connectivity index (χ3n) is 4.38. The van der Waals surface area contributed by atoms with Gasteiger partial charge < -0.3 is 23.7 Å². The fourth-order valence-corrected chi connectivity index (χ4v) is 2.79. The Hall–Kier alpha value is -3.15. The summed E-state index contributed by atoms with van der Waals surface area (Å²) in [5.74, 6) is 2.74. The van der Waals surface area contributed by atoms with E-state index in [1.807, 2.05) is 42.5 Å².